The number of benzene rings is 1. The first kappa shape index (κ1) is 10.1. The highest BCUT2D eigenvalue weighted by Gasteiger charge is 2.05. The second-order valence-electron chi connectivity index (χ2n) is 3.15. The van der Waals surface area contributed by atoms with E-state index in [-0.39, 0.29) is 5.82 Å². The zero-order valence-electron chi connectivity index (χ0n) is 8.12. The molecule has 0 radical (unpaired) electrons. The molecule has 2 aromatic rings. The number of nitrogens with two attached hydrogens (primary N) is 1. The minimum absolute atomic E-state index is 0.203. The molecule has 1 aromatic carbocycles. The molecule has 0 aliphatic carbocycles. The molecule has 0 saturated carbocycles. The minimum Gasteiger partial charge on any atom is -0.300 e. The molecule has 0 amide bonds. The maximum Gasteiger partial charge on any atom is 0.197 e. The average Bonchev–Trinajstić information content (AvgIpc) is 2.70. The van der Waals surface area contributed by atoms with Crippen LogP contribution in [0.25, 0.3) is 11.3 Å². The number of rotatable bonds is 2. The summed E-state index contributed by atoms with van der Waals surface area (Å²) in [6.45, 7) is 1.73. The number of nitrogens with zero attached hydrogens (tertiary/aromatic N) is 1. The summed E-state index contributed by atoms with van der Waals surface area (Å²) in [5.41, 5.74) is 4.79. The summed E-state index contributed by atoms with van der Waals surface area (Å²) in [7, 11) is 0. The van der Waals surface area contributed by atoms with Gasteiger partial charge in [0, 0.05) is 10.9 Å². The van der Waals surface area contributed by atoms with E-state index < -0.39 is 0 Å². The van der Waals surface area contributed by atoms with Gasteiger partial charge in [-0.2, -0.15) is 0 Å². The Bertz CT molecular complexity index is 481. The molecule has 5 heteroatoms. The monoisotopic (exact) mass is 223 g/mol. The first-order valence-electron chi connectivity index (χ1n) is 4.39. The highest BCUT2D eigenvalue weighted by Crippen LogP contribution is 2.25. The second-order valence-corrected chi connectivity index (χ2v) is 4.00. The van der Waals surface area contributed by atoms with Gasteiger partial charge in [0.25, 0.3) is 0 Å². The Labute approximate surface area is 90.7 Å². The van der Waals surface area contributed by atoms with Crippen LogP contribution in [0.4, 0.5) is 9.52 Å². The number of nitrogen functional groups attached to an aromatic ring is 1. The predicted molar refractivity (Wildman–Crippen MR) is 60.1 cm³/mol. The Hall–Kier alpha value is -1.46. The SMILES string of the molecule is Cc1cc(-c2csc(NN)n2)ccc1F. The topological polar surface area (TPSA) is 50.9 Å². The van der Waals surface area contributed by atoms with Crippen LogP contribution in [0.3, 0.4) is 0 Å². The maximum absolute atomic E-state index is 13.0. The molecule has 0 fully saturated rings. The lowest BCUT2D eigenvalue weighted by Gasteiger charge is -1.99. The van der Waals surface area contributed by atoms with Crippen LogP contribution in [0.5, 0.6) is 0 Å². The molecule has 15 heavy (non-hydrogen) atoms. The van der Waals surface area contributed by atoms with E-state index in [0.29, 0.717) is 10.7 Å². The molecule has 3 nitrogen and oxygen atoms in total. The number of thiazole rings is 1. The van der Waals surface area contributed by atoms with E-state index in [2.05, 4.69) is 10.4 Å². The van der Waals surface area contributed by atoms with Gasteiger partial charge in [0.15, 0.2) is 5.13 Å². The van der Waals surface area contributed by atoms with Crippen LogP contribution in [-0.2, 0) is 0 Å². The van der Waals surface area contributed by atoms with Crippen molar-refractivity contribution < 1.29 is 4.39 Å². The van der Waals surface area contributed by atoms with Gasteiger partial charge in [0.1, 0.15) is 5.82 Å². The van der Waals surface area contributed by atoms with Crippen molar-refractivity contribution in [3.63, 3.8) is 0 Å². The summed E-state index contributed by atoms with van der Waals surface area (Å²) >= 11 is 1.41. The minimum atomic E-state index is -0.203. The normalized spacial score (nSPS) is 10.3. The molecule has 0 aliphatic heterocycles. The molecule has 1 heterocycles. The van der Waals surface area contributed by atoms with Crippen LogP contribution in [0.2, 0.25) is 0 Å². The maximum atomic E-state index is 13.0. The zero-order chi connectivity index (χ0) is 10.8. The fourth-order valence-corrected chi connectivity index (χ4v) is 1.91. The van der Waals surface area contributed by atoms with Gasteiger partial charge in [-0.1, -0.05) is 0 Å². The van der Waals surface area contributed by atoms with Gasteiger partial charge < -0.3 is 0 Å². The van der Waals surface area contributed by atoms with Gasteiger partial charge in [-0.15, -0.1) is 11.3 Å². The Balaban J connectivity index is 2.40. The smallest absolute Gasteiger partial charge is 0.197 e. The van der Waals surface area contributed by atoms with E-state index in [4.69, 9.17) is 5.84 Å². The third-order valence-electron chi connectivity index (χ3n) is 2.08. The highest BCUT2D eigenvalue weighted by atomic mass is 32.1. The Kier molecular flexibility index (Phi) is 2.66. The molecule has 0 spiro atoms. The first-order chi connectivity index (χ1) is 7.20. The summed E-state index contributed by atoms with van der Waals surface area (Å²) in [5.74, 6) is 5.03. The van der Waals surface area contributed by atoms with Gasteiger partial charge in [-0.05, 0) is 30.7 Å². The summed E-state index contributed by atoms with van der Waals surface area (Å²) in [4.78, 5) is 4.23. The lowest BCUT2D eigenvalue weighted by atomic mass is 10.1. The van der Waals surface area contributed by atoms with Gasteiger partial charge in [0.05, 0.1) is 5.69 Å². The van der Waals surface area contributed by atoms with Gasteiger partial charge in [0.2, 0.25) is 0 Å². The summed E-state index contributed by atoms with van der Waals surface area (Å²) in [6, 6.07) is 4.92. The zero-order valence-corrected chi connectivity index (χ0v) is 8.94. The molecule has 3 N–H and O–H groups in total. The number of anilines is 1. The Morgan fingerprint density at radius 3 is 2.87 bits per heavy atom. The van der Waals surface area contributed by atoms with Gasteiger partial charge in [-0.3, -0.25) is 5.43 Å². The van der Waals surface area contributed by atoms with E-state index in [1.807, 2.05) is 5.38 Å². The number of halogens is 1. The molecule has 1 aromatic heterocycles. The first-order valence-corrected chi connectivity index (χ1v) is 5.27. The third-order valence-corrected chi connectivity index (χ3v) is 2.85. The number of hydrogen-bond donors (Lipinski definition) is 2. The summed E-state index contributed by atoms with van der Waals surface area (Å²) < 4.78 is 13.0. The molecule has 2 rings (SSSR count). The van der Waals surface area contributed by atoms with Crippen LogP contribution in [0.15, 0.2) is 23.6 Å². The van der Waals surface area contributed by atoms with E-state index in [1.54, 1.807) is 19.1 Å². The predicted octanol–water partition coefficient (Wildman–Crippen LogP) is 2.54. The van der Waals surface area contributed by atoms with Crippen molar-refractivity contribution in [2.75, 3.05) is 5.43 Å². The van der Waals surface area contributed by atoms with Crippen LogP contribution in [0, 0.1) is 12.7 Å². The highest BCUT2D eigenvalue weighted by molar-refractivity contribution is 7.14. The average molecular weight is 223 g/mol. The number of hydrazine groups is 1. The molecule has 0 saturated heterocycles. The molecule has 78 valence electrons. The fourth-order valence-electron chi connectivity index (χ4n) is 1.28. The molecule has 0 unspecified atom stereocenters. The lowest BCUT2D eigenvalue weighted by Crippen LogP contribution is -2.05. The lowest BCUT2D eigenvalue weighted by molar-refractivity contribution is 0.619. The van der Waals surface area contributed by atoms with E-state index in [1.165, 1.54) is 17.4 Å². The van der Waals surface area contributed by atoms with Gasteiger partial charge >= 0.3 is 0 Å². The molecule has 0 bridgehead atoms. The van der Waals surface area contributed by atoms with Gasteiger partial charge in [-0.25, -0.2) is 15.2 Å². The van der Waals surface area contributed by atoms with Crippen molar-refractivity contribution in [2.24, 2.45) is 5.84 Å². The number of aryl methyl sites for hydroxylation is 1. The van der Waals surface area contributed by atoms with E-state index in [9.17, 15) is 4.39 Å². The number of nitrogens with one attached hydrogen (secondary N) is 1. The second kappa shape index (κ2) is 3.96. The third kappa shape index (κ3) is 1.98. The number of aromatic nitrogens is 1. The Morgan fingerprint density at radius 1 is 1.47 bits per heavy atom. The van der Waals surface area contributed by atoms with Crippen molar-refractivity contribution in [1.82, 2.24) is 4.98 Å². The van der Waals surface area contributed by atoms with Crippen molar-refractivity contribution in [1.29, 1.82) is 0 Å². The van der Waals surface area contributed by atoms with Crippen molar-refractivity contribution in [3.05, 3.63) is 35.0 Å². The van der Waals surface area contributed by atoms with Crippen molar-refractivity contribution >= 4 is 16.5 Å². The van der Waals surface area contributed by atoms with Crippen LogP contribution < -0.4 is 11.3 Å². The molecule has 0 atom stereocenters. The van der Waals surface area contributed by atoms with Crippen molar-refractivity contribution in [3.8, 4) is 11.3 Å². The summed E-state index contributed by atoms with van der Waals surface area (Å²) in [5, 5.41) is 2.52. The fraction of sp³-hybridized carbons (Fsp3) is 0.100. The Morgan fingerprint density at radius 2 is 2.27 bits per heavy atom. The summed E-state index contributed by atoms with van der Waals surface area (Å²) in [6.07, 6.45) is 0. The van der Waals surface area contributed by atoms with E-state index >= 15 is 0 Å². The van der Waals surface area contributed by atoms with Crippen molar-refractivity contribution in [2.45, 2.75) is 6.92 Å². The molecular weight excluding hydrogens is 213 g/mol. The van der Waals surface area contributed by atoms with E-state index in [0.717, 1.165) is 11.3 Å². The standard InChI is InChI=1S/C10H10FN3S/c1-6-4-7(2-3-8(6)11)9-5-15-10(13-9)14-12/h2-5H,12H2,1H3,(H,13,14). The van der Waals surface area contributed by atoms with Crippen LogP contribution in [0.1, 0.15) is 5.56 Å². The molecule has 0 aliphatic rings. The van der Waals surface area contributed by atoms with Crippen LogP contribution in [-0.4, -0.2) is 4.98 Å². The number of hydrogen-bond acceptors (Lipinski definition) is 4. The molecular formula is C10H10FN3S. The quantitative estimate of drug-likeness (QED) is 0.607. The largest absolute Gasteiger partial charge is 0.300 e. The van der Waals surface area contributed by atoms with Crippen LogP contribution >= 0.6 is 11.3 Å².